The normalized spacial score (nSPS) is 13.5. The summed E-state index contributed by atoms with van der Waals surface area (Å²) in [7, 11) is 0. The van der Waals surface area contributed by atoms with E-state index in [2.05, 4.69) is 18.7 Å². The molecule has 5 rings (SSSR count). The number of carbonyl (C=O) groups excluding carboxylic acids is 1. The summed E-state index contributed by atoms with van der Waals surface area (Å²) < 4.78 is 69.5. The van der Waals surface area contributed by atoms with Gasteiger partial charge >= 0.3 is 18.1 Å². The molecule has 0 radical (unpaired) electrons. The van der Waals surface area contributed by atoms with Crippen molar-refractivity contribution in [2.24, 2.45) is 0 Å². The quantitative estimate of drug-likeness (QED) is 0.104. The van der Waals surface area contributed by atoms with E-state index in [1.807, 2.05) is 28.8 Å². The second kappa shape index (κ2) is 21.0. The average Bonchev–Trinajstić information content (AvgIpc) is 3.22. The number of carbonyl (C=O) groups is 3. The van der Waals surface area contributed by atoms with E-state index in [-0.39, 0.29) is 36.3 Å². The number of halogens is 5. The van der Waals surface area contributed by atoms with Crippen molar-refractivity contribution in [2.75, 3.05) is 26.2 Å². The summed E-state index contributed by atoms with van der Waals surface area (Å²) in [6.45, 7) is 7.24. The van der Waals surface area contributed by atoms with Crippen LogP contribution in [-0.2, 0) is 59.3 Å². The Morgan fingerprint density at radius 2 is 1.37 bits per heavy atom. The van der Waals surface area contributed by atoms with Gasteiger partial charge in [-0.25, -0.2) is 18.4 Å². The molecule has 318 valence electrons. The summed E-state index contributed by atoms with van der Waals surface area (Å²) >= 11 is 0. The minimum absolute atomic E-state index is 0.00542. The van der Waals surface area contributed by atoms with Gasteiger partial charge in [-0.3, -0.25) is 9.59 Å². The number of amides is 1. The second-order valence-electron chi connectivity index (χ2n) is 14.1. The predicted molar refractivity (Wildman–Crippen MR) is 208 cm³/mol. The first-order valence-corrected chi connectivity index (χ1v) is 19.2. The van der Waals surface area contributed by atoms with Gasteiger partial charge < -0.3 is 34.8 Å². The Kier molecular flexibility index (Phi) is 16.5. The van der Waals surface area contributed by atoms with E-state index in [0.717, 1.165) is 61.0 Å². The first-order chi connectivity index (χ1) is 27.9. The maximum Gasteiger partial charge on any atom is 0.416 e. The molecule has 0 saturated carbocycles. The van der Waals surface area contributed by atoms with Crippen molar-refractivity contribution in [3.63, 3.8) is 0 Å². The summed E-state index contributed by atoms with van der Waals surface area (Å²) in [5, 5.41) is 32.5. The van der Waals surface area contributed by atoms with E-state index in [1.165, 1.54) is 24.3 Å². The number of likely N-dealkylation sites (N-methyl/N-ethyl adjacent to an activating group) is 1. The number of carboxylic acids is 2. The molecule has 0 saturated heterocycles. The Morgan fingerprint density at radius 1 is 0.797 bits per heavy atom. The standard InChI is InChI=1S/C39H42F5N3O2.C4H6O6/c1-3-45(4-2)22-23-46(25-27-12-14-28(15-13-27)29-16-19-31(20-17-29)39(42,43)44)37(49)26-47-32(21-18-30-8-7-10-34(40)38(30)41)24-36(48)33-9-5-6-11-35(33)47;5-1(3(7)8)2(6)4(9)10/h7-8,10,12-17,19-20,24H,3-6,9,11,18,21-23,25-26H2,1-2H3;1-2,5-6H,(H,7,8)(H,9,10)/t;1-,2-/m.1/s1. The topological polar surface area (TPSA) is 161 Å². The molecule has 1 aromatic heterocycles. The molecule has 1 amide bonds. The molecular weight excluding hydrogens is 781 g/mol. The van der Waals surface area contributed by atoms with Crippen molar-refractivity contribution in [1.82, 2.24) is 14.4 Å². The third kappa shape index (κ3) is 12.5. The molecule has 0 spiro atoms. The largest absolute Gasteiger partial charge is 0.479 e. The van der Waals surface area contributed by atoms with Crippen molar-refractivity contribution in [1.29, 1.82) is 0 Å². The molecule has 59 heavy (non-hydrogen) atoms. The zero-order chi connectivity index (χ0) is 43.4. The highest BCUT2D eigenvalue weighted by atomic mass is 19.4. The number of hydrogen-bond acceptors (Lipinski definition) is 7. The number of alkyl halides is 3. The number of carboxylic acid groups (broad SMARTS) is 2. The van der Waals surface area contributed by atoms with Crippen LogP contribution in [0.4, 0.5) is 22.0 Å². The van der Waals surface area contributed by atoms with Gasteiger partial charge in [-0.05, 0) is 92.1 Å². The fourth-order valence-electron chi connectivity index (χ4n) is 6.82. The molecule has 11 nitrogen and oxygen atoms in total. The van der Waals surface area contributed by atoms with Gasteiger partial charge in [-0.2, -0.15) is 13.2 Å². The summed E-state index contributed by atoms with van der Waals surface area (Å²) in [5.41, 5.74) is 3.88. The number of nitrogens with zero attached hydrogens (tertiary/aromatic N) is 3. The van der Waals surface area contributed by atoms with E-state index in [4.69, 9.17) is 20.4 Å². The number of aliphatic hydroxyl groups excluding tert-OH is 2. The third-order valence-corrected chi connectivity index (χ3v) is 10.3. The molecule has 1 aliphatic rings. The highest BCUT2D eigenvalue weighted by Gasteiger charge is 2.31. The fraction of sp³-hybridized carbons (Fsp3) is 0.395. The Bertz CT molecular complexity index is 2100. The van der Waals surface area contributed by atoms with Crippen molar-refractivity contribution in [3.05, 3.63) is 128 Å². The number of fused-ring (bicyclic) bond motifs is 1. The number of aromatic nitrogens is 1. The summed E-state index contributed by atoms with van der Waals surface area (Å²) in [5.74, 6) is -5.50. The number of aryl methyl sites for hydroxylation is 2. The maximum atomic E-state index is 14.5. The first kappa shape index (κ1) is 46.2. The van der Waals surface area contributed by atoms with Crippen LogP contribution in [0.25, 0.3) is 11.1 Å². The van der Waals surface area contributed by atoms with E-state index in [9.17, 15) is 41.1 Å². The van der Waals surface area contributed by atoms with Crippen LogP contribution in [0, 0.1) is 11.6 Å². The van der Waals surface area contributed by atoms with Crippen molar-refractivity contribution < 1.29 is 56.8 Å². The van der Waals surface area contributed by atoms with Crippen LogP contribution in [0.1, 0.15) is 60.3 Å². The van der Waals surface area contributed by atoms with Crippen LogP contribution in [0.3, 0.4) is 0 Å². The van der Waals surface area contributed by atoms with Gasteiger partial charge in [0.25, 0.3) is 0 Å². The molecule has 0 aliphatic heterocycles. The molecular formula is C43H48F5N3O8. The lowest BCUT2D eigenvalue weighted by Crippen LogP contribution is -2.41. The van der Waals surface area contributed by atoms with Gasteiger partial charge in [0.2, 0.25) is 5.91 Å². The molecule has 1 aliphatic carbocycles. The Hall–Kier alpha value is -5.45. The molecule has 0 unspecified atom stereocenters. The lowest BCUT2D eigenvalue weighted by Gasteiger charge is -2.29. The van der Waals surface area contributed by atoms with E-state index in [1.54, 1.807) is 11.0 Å². The second-order valence-corrected chi connectivity index (χ2v) is 14.1. The monoisotopic (exact) mass is 829 g/mol. The van der Waals surface area contributed by atoms with Gasteiger partial charge in [0.1, 0.15) is 6.54 Å². The van der Waals surface area contributed by atoms with Crippen LogP contribution in [0.15, 0.2) is 77.6 Å². The highest BCUT2D eigenvalue weighted by Crippen LogP contribution is 2.31. The molecule has 4 aromatic rings. The predicted octanol–water partition coefficient (Wildman–Crippen LogP) is 5.72. The number of rotatable bonds is 16. The number of benzene rings is 3. The SMILES string of the molecule is CCN(CC)CCN(Cc1ccc(-c2ccc(C(F)(F)F)cc2)cc1)C(=O)Cn1c(CCc2cccc(F)c2F)cc(=O)c2c1CCCC2.O=C(O)[C@H](O)[C@@H](O)C(=O)O. The summed E-state index contributed by atoms with van der Waals surface area (Å²) in [6.07, 6.45) is -5.42. The fourth-order valence-corrected chi connectivity index (χ4v) is 6.82. The van der Waals surface area contributed by atoms with Crippen LogP contribution < -0.4 is 5.43 Å². The van der Waals surface area contributed by atoms with Crippen molar-refractivity contribution in [3.8, 4) is 11.1 Å². The minimum Gasteiger partial charge on any atom is -0.479 e. The third-order valence-electron chi connectivity index (χ3n) is 10.3. The average molecular weight is 830 g/mol. The van der Waals surface area contributed by atoms with Crippen molar-refractivity contribution >= 4 is 17.8 Å². The molecule has 1 heterocycles. The summed E-state index contributed by atoms with van der Waals surface area (Å²) in [6, 6.07) is 18.1. The number of aliphatic hydroxyl groups is 2. The Morgan fingerprint density at radius 3 is 1.93 bits per heavy atom. The molecule has 2 atom stereocenters. The van der Waals surface area contributed by atoms with Crippen LogP contribution in [0.2, 0.25) is 0 Å². The first-order valence-electron chi connectivity index (χ1n) is 19.2. The minimum atomic E-state index is -4.40. The van der Waals surface area contributed by atoms with Gasteiger partial charge in [-0.15, -0.1) is 0 Å². The zero-order valence-corrected chi connectivity index (χ0v) is 32.7. The van der Waals surface area contributed by atoms with E-state index < -0.39 is 47.5 Å². The van der Waals surface area contributed by atoms with Gasteiger partial charge in [-0.1, -0.05) is 62.4 Å². The molecule has 0 bridgehead atoms. The molecule has 4 N–H and O–H groups in total. The van der Waals surface area contributed by atoms with Crippen LogP contribution in [0.5, 0.6) is 0 Å². The van der Waals surface area contributed by atoms with E-state index >= 15 is 0 Å². The lowest BCUT2D eigenvalue weighted by molar-refractivity contribution is -0.165. The Labute approximate surface area is 338 Å². The van der Waals surface area contributed by atoms with E-state index in [0.29, 0.717) is 49.3 Å². The van der Waals surface area contributed by atoms with Gasteiger partial charge in [0.15, 0.2) is 29.3 Å². The molecule has 3 aromatic carbocycles. The number of hydrogen-bond donors (Lipinski definition) is 4. The van der Waals surface area contributed by atoms with Crippen LogP contribution >= 0.6 is 0 Å². The van der Waals surface area contributed by atoms with Gasteiger partial charge in [0.05, 0.1) is 5.56 Å². The number of aliphatic carboxylic acids is 2. The smallest absolute Gasteiger partial charge is 0.416 e. The molecule has 16 heteroatoms. The van der Waals surface area contributed by atoms with Crippen molar-refractivity contribution in [2.45, 2.75) is 83.8 Å². The Balaban J connectivity index is 0.000000680. The maximum absolute atomic E-state index is 14.5. The summed E-state index contributed by atoms with van der Waals surface area (Å²) in [4.78, 5) is 51.0. The molecule has 0 fully saturated rings. The highest BCUT2D eigenvalue weighted by molar-refractivity contribution is 5.83. The zero-order valence-electron chi connectivity index (χ0n) is 32.7. The lowest BCUT2D eigenvalue weighted by atomic mass is 9.94. The van der Waals surface area contributed by atoms with Crippen LogP contribution in [-0.4, -0.2) is 91.0 Å². The van der Waals surface area contributed by atoms with Gasteiger partial charge in [0, 0.05) is 42.7 Å². The number of pyridine rings is 1.